The zero-order valence-corrected chi connectivity index (χ0v) is 14.5. The number of hydrogen-bond donors (Lipinski definition) is 1. The lowest BCUT2D eigenvalue weighted by molar-refractivity contribution is 0.102. The molecule has 0 aliphatic carbocycles. The molecule has 1 aromatic heterocycles. The molecule has 1 N–H and O–H groups in total. The summed E-state index contributed by atoms with van der Waals surface area (Å²) in [6.45, 7) is 2.42. The maximum absolute atomic E-state index is 12.7. The van der Waals surface area contributed by atoms with E-state index < -0.39 is 5.91 Å². The fourth-order valence-corrected chi connectivity index (χ4v) is 2.66. The Labute approximate surface area is 150 Å². The second-order valence-electron chi connectivity index (χ2n) is 5.74. The van der Waals surface area contributed by atoms with Crippen LogP contribution in [0.4, 0.5) is 5.69 Å². The van der Waals surface area contributed by atoms with E-state index in [-0.39, 0.29) is 11.1 Å². The van der Waals surface area contributed by atoms with Gasteiger partial charge in [-0.25, -0.2) is 0 Å². The number of anilines is 1. The van der Waals surface area contributed by atoms with Crippen LogP contribution >= 0.6 is 11.6 Å². The molecule has 0 atom stereocenters. The molecular weight excluding hydrogens is 336 g/mol. The molecule has 0 spiro atoms. The van der Waals surface area contributed by atoms with E-state index in [0.29, 0.717) is 17.3 Å². The number of nitrogens with zero attached hydrogens (tertiary/aromatic N) is 1. The third kappa shape index (κ3) is 3.98. The summed E-state index contributed by atoms with van der Waals surface area (Å²) in [5, 5.41) is 3.30. The predicted octanol–water partition coefficient (Wildman–Crippen LogP) is 4.11. The number of aromatic nitrogens is 1. The molecule has 0 unspecified atom stereocenters. The summed E-state index contributed by atoms with van der Waals surface area (Å²) in [6, 6.07) is 17.8. The van der Waals surface area contributed by atoms with Crippen LogP contribution in [0.15, 0.2) is 71.7 Å². The maximum atomic E-state index is 12.7. The highest BCUT2D eigenvalue weighted by molar-refractivity contribution is 6.30. The molecule has 0 fully saturated rings. The van der Waals surface area contributed by atoms with E-state index in [1.54, 1.807) is 41.1 Å². The lowest BCUT2D eigenvalue weighted by Gasteiger charge is -2.10. The molecule has 0 bridgehead atoms. The Morgan fingerprint density at radius 1 is 1.04 bits per heavy atom. The minimum absolute atomic E-state index is 0.103. The van der Waals surface area contributed by atoms with Gasteiger partial charge in [0, 0.05) is 16.9 Å². The first-order valence-corrected chi connectivity index (χ1v) is 8.23. The third-order valence-electron chi connectivity index (χ3n) is 3.97. The second-order valence-corrected chi connectivity index (χ2v) is 6.18. The Hall–Kier alpha value is -2.85. The number of pyridine rings is 1. The molecule has 3 aromatic rings. The van der Waals surface area contributed by atoms with Crippen molar-refractivity contribution in [2.75, 3.05) is 5.32 Å². The van der Waals surface area contributed by atoms with Crippen LogP contribution in [0.3, 0.4) is 0 Å². The number of amides is 1. The fourth-order valence-electron chi connectivity index (χ4n) is 2.54. The van der Waals surface area contributed by atoms with Crippen LogP contribution in [-0.4, -0.2) is 10.5 Å². The lowest BCUT2D eigenvalue weighted by atomic mass is 10.1. The SMILES string of the molecule is Cc1ccccc1Cn1cccc(C(=O)Nc2ccc(Cl)cc2)c1=O. The highest BCUT2D eigenvalue weighted by Gasteiger charge is 2.13. The maximum Gasteiger partial charge on any atom is 0.263 e. The number of benzene rings is 2. The molecule has 0 aliphatic rings. The monoisotopic (exact) mass is 352 g/mol. The third-order valence-corrected chi connectivity index (χ3v) is 4.22. The molecule has 126 valence electrons. The number of carbonyl (C=O) groups excluding carboxylic acids is 1. The van der Waals surface area contributed by atoms with Crippen LogP contribution in [0.5, 0.6) is 0 Å². The van der Waals surface area contributed by atoms with Gasteiger partial charge in [0.15, 0.2) is 0 Å². The summed E-state index contributed by atoms with van der Waals surface area (Å²) >= 11 is 5.83. The molecule has 2 aromatic carbocycles. The first-order chi connectivity index (χ1) is 12.0. The van der Waals surface area contributed by atoms with E-state index in [1.165, 1.54) is 6.07 Å². The van der Waals surface area contributed by atoms with Gasteiger partial charge in [-0.05, 0) is 54.4 Å². The predicted molar refractivity (Wildman–Crippen MR) is 100 cm³/mol. The Bertz CT molecular complexity index is 962. The molecular formula is C20H17ClN2O2. The molecule has 0 radical (unpaired) electrons. The topological polar surface area (TPSA) is 51.1 Å². The van der Waals surface area contributed by atoms with Gasteiger partial charge < -0.3 is 9.88 Å². The quantitative estimate of drug-likeness (QED) is 0.768. The largest absolute Gasteiger partial charge is 0.322 e. The average Bonchev–Trinajstić information content (AvgIpc) is 2.60. The van der Waals surface area contributed by atoms with Crippen molar-refractivity contribution in [3.63, 3.8) is 0 Å². The first-order valence-electron chi connectivity index (χ1n) is 7.85. The van der Waals surface area contributed by atoms with Gasteiger partial charge in [0.1, 0.15) is 5.56 Å². The standard InChI is InChI=1S/C20H17ClN2O2/c1-14-5-2-3-6-15(14)13-23-12-4-7-18(20(23)25)19(24)22-17-10-8-16(21)9-11-17/h2-12H,13H2,1H3,(H,22,24). The molecule has 0 saturated carbocycles. The van der Waals surface area contributed by atoms with E-state index in [1.807, 2.05) is 31.2 Å². The normalized spacial score (nSPS) is 10.5. The number of halogens is 1. The summed E-state index contributed by atoms with van der Waals surface area (Å²) in [5.41, 5.74) is 2.51. The van der Waals surface area contributed by atoms with Gasteiger partial charge in [-0.3, -0.25) is 9.59 Å². The molecule has 4 nitrogen and oxygen atoms in total. The zero-order chi connectivity index (χ0) is 17.8. The van der Waals surface area contributed by atoms with Crippen LogP contribution in [0, 0.1) is 6.92 Å². The molecule has 1 heterocycles. The Balaban J connectivity index is 1.85. The summed E-state index contributed by atoms with van der Waals surface area (Å²) in [5.74, 6) is -0.438. The van der Waals surface area contributed by atoms with Gasteiger partial charge in [0.2, 0.25) is 0 Å². The van der Waals surface area contributed by atoms with Crippen LogP contribution in [-0.2, 0) is 6.54 Å². The van der Waals surface area contributed by atoms with Crippen molar-refractivity contribution in [2.45, 2.75) is 13.5 Å². The molecule has 25 heavy (non-hydrogen) atoms. The van der Waals surface area contributed by atoms with Gasteiger partial charge in [0.25, 0.3) is 11.5 Å². The van der Waals surface area contributed by atoms with Crippen molar-refractivity contribution in [3.8, 4) is 0 Å². The van der Waals surface area contributed by atoms with Crippen LogP contribution in [0.1, 0.15) is 21.5 Å². The summed E-state index contributed by atoms with van der Waals surface area (Å²) in [4.78, 5) is 25.1. The summed E-state index contributed by atoms with van der Waals surface area (Å²) < 4.78 is 1.54. The highest BCUT2D eigenvalue weighted by Crippen LogP contribution is 2.14. The van der Waals surface area contributed by atoms with E-state index in [0.717, 1.165) is 11.1 Å². The minimum atomic E-state index is -0.438. The molecule has 1 amide bonds. The van der Waals surface area contributed by atoms with E-state index >= 15 is 0 Å². The minimum Gasteiger partial charge on any atom is -0.322 e. The summed E-state index contributed by atoms with van der Waals surface area (Å²) in [7, 11) is 0. The first kappa shape index (κ1) is 17.0. The van der Waals surface area contributed by atoms with Crippen LogP contribution in [0.25, 0.3) is 0 Å². The number of carbonyl (C=O) groups is 1. The summed E-state index contributed by atoms with van der Waals surface area (Å²) in [6.07, 6.45) is 1.69. The van der Waals surface area contributed by atoms with Gasteiger partial charge >= 0.3 is 0 Å². The number of nitrogens with one attached hydrogen (secondary N) is 1. The van der Waals surface area contributed by atoms with Crippen molar-refractivity contribution in [3.05, 3.63) is 98.9 Å². The number of aryl methyl sites for hydroxylation is 1. The van der Waals surface area contributed by atoms with E-state index in [2.05, 4.69) is 5.32 Å². The van der Waals surface area contributed by atoms with Crippen LogP contribution < -0.4 is 10.9 Å². The van der Waals surface area contributed by atoms with Gasteiger partial charge in [-0.2, -0.15) is 0 Å². The fraction of sp³-hybridized carbons (Fsp3) is 0.100. The van der Waals surface area contributed by atoms with Crippen molar-refractivity contribution in [1.29, 1.82) is 0 Å². The zero-order valence-electron chi connectivity index (χ0n) is 13.7. The van der Waals surface area contributed by atoms with Crippen molar-refractivity contribution >= 4 is 23.2 Å². The Morgan fingerprint density at radius 3 is 2.48 bits per heavy atom. The average molecular weight is 353 g/mol. The number of hydrogen-bond acceptors (Lipinski definition) is 2. The van der Waals surface area contributed by atoms with E-state index in [4.69, 9.17) is 11.6 Å². The van der Waals surface area contributed by atoms with Gasteiger partial charge in [0.05, 0.1) is 6.54 Å². The highest BCUT2D eigenvalue weighted by atomic mass is 35.5. The Morgan fingerprint density at radius 2 is 1.76 bits per heavy atom. The van der Waals surface area contributed by atoms with Crippen molar-refractivity contribution < 1.29 is 4.79 Å². The van der Waals surface area contributed by atoms with Crippen LogP contribution in [0.2, 0.25) is 5.02 Å². The lowest BCUT2D eigenvalue weighted by Crippen LogP contribution is -2.29. The van der Waals surface area contributed by atoms with Crippen molar-refractivity contribution in [2.24, 2.45) is 0 Å². The van der Waals surface area contributed by atoms with Gasteiger partial charge in [-0.15, -0.1) is 0 Å². The molecule has 0 saturated heterocycles. The molecule has 5 heteroatoms. The molecule has 0 aliphatic heterocycles. The second kappa shape index (κ2) is 7.36. The van der Waals surface area contributed by atoms with Gasteiger partial charge in [-0.1, -0.05) is 35.9 Å². The smallest absolute Gasteiger partial charge is 0.263 e. The number of rotatable bonds is 4. The van der Waals surface area contributed by atoms with Crippen molar-refractivity contribution in [1.82, 2.24) is 4.57 Å². The van der Waals surface area contributed by atoms with E-state index in [9.17, 15) is 9.59 Å². The molecule has 3 rings (SSSR count). The Kier molecular flexibility index (Phi) is 5.00.